The Labute approximate surface area is 242 Å². The summed E-state index contributed by atoms with van der Waals surface area (Å²) in [6.07, 6.45) is 1.40. The number of methoxy groups -OCH3 is 2. The van der Waals surface area contributed by atoms with Crippen molar-refractivity contribution in [2.75, 3.05) is 58.5 Å². The van der Waals surface area contributed by atoms with Crippen molar-refractivity contribution in [1.82, 2.24) is 9.80 Å². The average molecular weight is 562 g/mol. The van der Waals surface area contributed by atoms with E-state index in [-0.39, 0.29) is 24.4 Å². The molecule has 3 aromatic rings. The van der Waals surface area contributed by atoms with Crippen LogP contribution in [0.1, 0.15) is 52.9 Å². The first-order chi connectivity index (χ1) is 20.0. The van der Waals surface area contributed by atoms with Crippen molar-refractivity contribution in [3.8, 4) is 11.5 Å². The molecule has 0 radical (unpaired) electrons. The van der Waals surface area contributed by atoms with E-state index in [1.54, 1.807) is 26.4 Å². The highest BCUT2D eigenvalue weighted by atomic mass is 19.1. The number of piperazine rings is 1. The average Bonchev–Trinajstić information content (AvgIpc) is 3.35. The number of carbonyl (C=O) groups is 1. The number of carbonyl (C=O) groups excluding carboxylic acids is 1. The van der Waals surface area contributed by atoms with E-state index in [0.717, 1.165) is 55.1 Å². The molecule has 7 nitrogen and oxygen atoms in total. The van der Waals surface area contributed by atoms with Gasteiger partial charge in [-0.05, 0) is 55.3 Å². The highest BCUT2D eigenvalue weighted by Crippen LogP contribution is 2.40. The fraction of sp³-hybridized carbons (Fsp3) is 0.424. The zero-order valence-corrected chi connectivity index (χ0v) is 24.3. The Bertz CT molecular complexity index is 1340. The first kappa shape index (κ1) is 28.9. The molecule has 2 heterocycles. The number of ether oxygens (including phenoxy) is 3. The monoisotopic (exact) mass is 561 g/mol. The van der Waals surface area contributed by atoms with Crippen LogP contribution in [-0.4, -0.2) is 69.3 Å². The highest BCUT2D eigenvalue weighted by Gasteiger charge is 2.36. The molecule has 2 aliphatic rings. The summed E-state index contributed by atoms with van der Waals surface area (Å²) in [7, 11) is 3.24. The quantitative estimate of drug-likeness (QED) is 0.265. The Balaban J connectivity index is 1.35. The maximum Gasteiger partial charge on any atom is 0.255 e. The summed E-state index contributed by atoms with van der Waals surface area (Å²) in [5.41, 5.74) is 4.57. The lowest BCUT2D eigenvalue weighted by Crippen LogP contribution is -2.46. The molecule has 0 N–H and O–H groups in total. The molecular weight excluding hydrogens is 521 g/mol. The Hall–Kier alpha value is -3.62. The zero-order chi connectivity index (χ0) is 28.8. The van der Waals surface area contributed by atoms with E-state index in [1.165, 1.54) is 6.07 Å². The standard InChI is InChI=1S/C33H40FN3O4/c1-4-35-16-18-36(19-17-35)30-12-7-10-26-27(30)22-37(33(26)38)29(24-14-15-31(39-2)32(21-24)40-3)13-8-20-41-23-25-9-5-6-11-28(25)34/h5-7,9-12,14-15,21,29H,4,8,13,16-20,22-23H2,1-3H3/t29-/m1/s1. The molecule has 0 saturated carbocycles. The van der Waals surface area contributed by atoms with Gasteiger partial charge in [-0.1, -0.05) is 37.3 Å². The largest absolute Gasteiger partial charge is 0.493 e. The van der Waals surface area contributed by atoms with Gasteiger partial charge < -0.3 is 28.9 Å². The molecule has 218 valence electrons. The molecule has 0 spiro atoms. The second-order valence-electron chi connectivity index (χ2n) is 10.6. The minimum atomic E-state index is -0.261. The van der Waals surface area contributed by atoms with E-state index in [2.05, 4.69) is 22.8 Å². The minimum absolute atomic E-state index is 0.0427. The smallest absolute Gasteiger partial charge is 0.255 e. The molecule has 0 bridgehead atoms. The lowest BCUT2D eigenvalue weighted by molar-refractivity contribution is 0.0659. The van der Waals surface area contributed by atoms with E-state index >= 15 is 0 Å². The molecule has 5 rings (SSSR count). The Morgan fingerprint density at radius 3 is 2.44 bits per heavy atom. The van der Waals surface area contributed by atoms with Crippen molar-refractivity contribution in [2.45, 2.75) is 39.0 Å². The summed E-state index contributed by atoms with van der Waals surface area (Å²) >= 11 is 0. The maximum atomic E-state index is 14.0. The Kier molecular flexibility index (Phi) is 9.42. The summed E-state index contributed by atoms with van der Waals surface area (Å²) in [4.78, 5) is 20.8. The summed E-state index contributed by atoms with van der Waals surface area (Å²) in [5.74, 6) is 1.06. The number of likely N-dealkylation sites (N-methyl/N-ethyl adjacent to an activating group) is 1. The number of hydrogen-bond donors (Lipinski definition) is 0. The summed E-state index contributed by atoms with van der Waals surface area (Å²) < 4.78 is 30.9. The van der Waals surface area contributed by atoms with Gasteiger partial charge in [0.05, 0.1) is 26.9 Å². The van der Waals surface area contributed by atoms with Gasteiger partial charge in [0.15, 0.2) is 11.5 Å². The Morgan fingerprint density at radius 2 is 1.71 bits per heavy atom. The molecule has 1 saturated heterocycles. The molecule has 0 aliphatic carbocycles. The van der Waals surface area contributed by atoms with E-state index in [1.807, 2.05) is 41.3 Å². The molecule has 8 heteroatoms. The second kappa shape index (κ2) is 13.4. The van der Waals surface area contributed by atoms with Gasteiger partial charge in [0.25, 0.3) is 5.91 Å². The summed E-state index contributed by atoms with van der Waals surface area (Å²) in [6.45, 7) is 8.45. The fourth-order valence-electron chi connectivity index (χ4n) is 5.93. The summed E-state index contributed by atoms with van der Waals surface area (Å²) in [6, 6.07) is 18.5. The number of hydrogen-bond acceptors (Lipinski definition) is 6. The third-order valence-electron chi connectivity index (χ3n) is 8.28. The van der Waals surface area contributed by atoms with Gasteiger partial charge in [-0.3, -0.25) is 4.79 Å². The van der Waals surface area contributed by atoms with Crippen LogP contribution in [0, 0.1) is 5.82 Å². The fourth-order valence-corrected chi connectivity index (χ4v) is 5.93. The van der Waals surface area contributed by atoms with Crippen molar-refractivity contribution in [3.05, 3.63) is 88.7 Å². The SMILES string of the molecule is CCN1CCN(c2cccc3c2CN([C@H](CCCOCc2ccccc2F)c2ccc(OC)c(OC)c2)C3=O)CC1. The van der Waals surface area contributed by atoms with E-state index in [4.69, 9.17) is 14.2 Å². The van der Waals surface area contributed by atoms with Crippen LogP contribution in [-0.2, 0) is 17.9 Å². The van der Waals surface area contributed by atoms with E-state index in [9.17, 15) is 9.18 Å². The molecule has 1 fully saturated rings. The number of rotatable bonds is 12. The molecular formula is C33H40FN3O4. The van der Waals surface area contributed by atoms with Crippen molar-refractivity contribution >= 4 is 11.6 Å². The zero-order valence-electron chi connectivity index (χ0n) is 24.3. The summed E-state index contributed by atoms with van der Waals surface area (Å²) in [5, 5.41) is 0. The van der Waals surface area contributed by atoms with Crippen molar-refractivity contribution < 1.29 is 23.4 Å². The number of fused-ring (bicyclic) bond motifs is 1. The number of nitrogens with zero attached hydrogens (tertiary/aromatic N) is 3. The third kappa shape index (κ3) is 6.34. The molecule has 3 aromatic carbocycles. The van der Waals surface area contributed by atoms with Gasteiger partial charge in [-0.15, -0.1) is 0 Å². The lowest BCUT2D eigenvalue weighted by atomic mass is 9.99. The first-order valence-corrected chi connectivity index (χ1v) is 14.5. The molecule has 41 heavy (non-hydrogen) atoms. The van der Waals surface area contributed by atoms with Crippen molar-refractivity contribution in [3.63, 3.8) is 0 Å². The first-order valence-electron chi connectivity index (χ1n) is 14.5. The molecule has 1 atom stereocenters. The lowest BCUT2D eigenvalue weighted by Gasteiger charge is -2.36. The highest BCUT2D eigenvalue weighted by molar-refractivity contribution is 6.00. The number of amides is 1. The maximum absolute atomic E-state index is 14.0. The van der Waals surface area contributed by atoms with Gasteiger partial charge in [0.1, 0.15) is 5.82 Å². The van der Waals surface area contributed by atoms with Gasteiger partial charge in [0.2, 0.25) is 0 Å². The second-order valence-corrected chi connectivity index (χ2v) is 10.6. The van der Waals surface area contributed by atoms with Crippen LogP contribution in [0.4, 0.5) is 10.1 Å². The molecule has 0 aromatic heterocycles. The molecule has 0 unspecified atom stereocenters. The predicted octanol–water partition coefficient (Wildman–Crippen LogP) is 5.68. The molecule has 1 amide bonds. The van der Waals surface area contributed by atoms with Gasteiger partial charge in [-0.2, -0.15) is 0 Å². The number of anilines is 1. The van der Waals surface area contributed by atoms with Crippen molar-refractivity contribution in [2.24, 2.45) is 0 Å². The van der Waals surface area contributed by atoms with Crippen LogP contribution in [0.2, 0.25) is 0 Å². The van der Waals surface area contributed by atoms with Crippen molar-refractivity contribution in [1.29, 1.82) is 0 Å². The van der Waals surface area contributed by atoms with Crippen LogP contribution in [0.15, 0.2) is 60.7 Å². The van der Waals surface area contributed by atoms with Gasteiger partial charge >= 0.3 is 0 Å². The van der Waals surface area contributed by atoms with Crippen LogP contribution in [0.25, 0.3) is 0 Å². The Morgan fingerprint density at radius 1 is 0.927 bits per heavy atom. The predicted molar refractivity (Wildman–Crippen MR) is 158 cm³/mol. The van der Waals surface area contributed by atoms with E-state index in [0.29, 0.717) is 43.1 Å². The number of halogens is 1. The van der Waals surface area contributed by atoms with Gasteiger partial charge in [-0.25, -0.2) is 4.39 Å². The normalized spacial score (nSPS) is 16.1. The van der Waals surface area contributed by atoms with Crippen LogP contribution in [0.3, 0.4) is 0 Å². The number of benzene rings is 3. The minimum Gasteiger partial charge on any atom is -0.493 e. The van der Waals surface area contributed by atoms with E-state index < -0.39 is 0 Å². The third-order valence-corrected chi connectivity index (χ3v) is 8.28. The van der Waals surface area contributed by atoms with Crippen LogP contribution in [0.5, 0.6) is 11.5 Å². The van der Waals surface area contributed by atoms with Crippen LogP contribution >= 0.6 is 0 Å². The van der Waals surface area contributed by atoms with Gasteiger partial charge in [0, 0.05) is 61.7 Å². The molecule has 2 aliphatic heterocycles. The topological polar surface area (TPSA) is 54.5 Å². The van der Waals surface area contributed by atoms with Crippen LogP contribution < -0.4 is 14.4 Å².